The topological polar surface area (TPSA) is 54.6 Å². The molecular formula is C25H26N2O3. The highest BCUT2D eigenvalue weighted by Gasteiger charge is 2.38. The number of benzene rings is 2. The fraction of sp³-hybridized carbons (Fsp3) is 0.320. The lowest BCUT2D eigenvalue weighted by atomic mass is 9.80. The molecule has 5 rings (SSSR count). The van der Waals surface area contributed by atoms with Crippen molar-refractivity contribution in [2.75, 3.05) is 20.8 Å². The zero-order valence-corrected chi connectivity index (χ0v) is 17.6. The van der Waals surface area contributed by atoms with E-state index in [4.69, 9.17) is 9.47 Å². The van der Waals surface area contributed by atoms with Crippen LogP contribution in [0.25, 0.3) is 10.9 Å². The van der Waals surface area contributed by atoms with Gasteiger partial charge in [-0.1, -0.05) is 29.8 Å². The van der Waals surface area contributed by atoms with Gasteiger partial charge in [0.25, 0.3) is 0 Å². The number of nitrogens with one attached hydrogen (secondary N) is 1. The van der Waals surface area contributed by atoms with E-state index in [-0.39, 0.29) is 17.9 Å². The van der Waals surface area contributed by atoms with Crippen molar-refractivity contribution in [1.29, 1.82) is 0 Å². The lowest BCUT2D eigenvalue weighted by Crippen LogP contribution is -2.37. The van der Waals surface area contributed by atoms with Gasteiger partial charge in [-0.2, -0.15) is 0 Å². The molecule has 0 aliphatic carbocycles. The fourth-order valence-corrected chi connectivity index (χ4v) is 4.94. The van der Waals surface area contributed by atoms with E-state index in [0.29, 0.717) is 0 Å². The van der Waals surface area contributed by atoms with E-state index in [1.807, 2.05) is 12.3 Å². The molecule has 2 aliphatic heterocycles. The molecule has 0 bridgehead atoms. The lowest BCUT2D eigenvalue weighted by molar-refractivity contribution is -0.136. The van der Waals surface area contributed by atoms with Crippen LogP contribution in [0.15, 0.2) is 54.2 Å². The molecule has 0 radical (unpaired) electrons. The summed E-state index contributed by atoms with van der Waals surface area (Å²) in [4.78, 5) is 18.6. The molecule has 3 heterocycles. The molecule has 5 heteroatoms. The van der Waals surface area contributed by atoms with Gasteiger partial charge in [0.1, 0.15) is 5.75 Å². The number of methoxy groups -OCH3 is 2. The van der Waals surface area contributed by atoms with E-state index in [1.165, 1.54) is 29.3 Å². The minimum atomic E-state index is -0.244. The summed E-state index contributed by atoms with van der Waals surface area (Å²) < 4.78 is 10.6. The smallest absolute Gasteiger partial charge is 0.335 e. The summed E-state index contributed by atoms with van der Waals surface area (Å²) in [5.41, 5.74) is 6.85. The molecule has 3 aromatic rings. The van der Waals surface area contributed by atoms with E-state index in [9.17, 15) is 4.79 Å². The molecule has 0 unspecified atom stereocenters. The molecule has 5 nitrogen and oxygen atoms in total. The van der Waals surface area contributed by atoms with Crippen LogP contribution in [0.1, 0.15) is 40.8 Å². The average Bonchev–Trinajstić information content (AvgIpc) is 3.16. The quantitative estimate of drug-likeness (QED) is 0.649. The maximum atomic E-state index is 12.6. The highest BCUT2D eigenvalue weighted by molar-refractivity contribution is 5.91. The summed E-state index contributed by atoms with van der Waals surface area (Å²) >= 11 is 0. The van der Waals surface area contributed by atoms with E-state index >= 15 is 0 Å². The van der Waals surface area contributed by atoms with Crippen molar-refractivity contribution in [3.8, 4) is 5.75 Å². The van der Waals surface area contributed by atoms with Crippen LogP contribution in [0.4, 0.5) is 0 Å². The number of carbonyl (C=O) groups is 1. The Kier molecular flexibility index (Phi) is 4.54. The molecule has 2 atom stereocenters. The number of hydrogen-bond acceptors (Lipinski definition) is 4. The van der Waals surface area contributed by atoms with E-state index < -0.39 is 0 Å². The Balaban J connectivity index is 1.60. The first-order valence-electron chi connectivity index (χ1n) is 10.4. The number of aromatic nitrogens is 1. The van der Waals surface area contributed by atoms with Crippen molar-refractivity contribution < 1.29 is 14.3 Å². The zero-order chi connectivity index (χ0) is 20.8. The second-order valence-corrected chi connectivity index (χ2v) is 8.21. The molecule has 2 aliphatic rings. The highest BCUT2D eigenvalue weighted by Crippen LogP contribution is 2.46. The van der Waals surface area contributed by atoms with Crippen molar-refractivity contribution in [3.63, 3.8) is 0 Å². The standard InChI is InChI=1S/C25H26N2O3/c1-15-4-6-16(7-5-15)19-13-23-24-18(10-11-27(23)14-21(19)25(28)30-3)20-12-17(29-2)8-9-22(20)26-24/h4-9,12,14,19,23,26H,10-11,13H2,1-3H3/t19-,23-/m1/s1. The number of aromatic amines is 1. The molecule has 0 fully saturated rings. The van der Waals surface area contributed by atoms with Crippen LogP contribution in [0.3, 0.4) is 0 Å². The number of nitrogens with zero attached hydrogens (tertiary/aromatic N) is 1. The summed E-state index contributed by atoms with van der Waals surface area (Å²) in [6.07, 6.45) is 3.79. The average molecular weight is 402 g/mol. The Morgan fingerprint density at radius 1 is 1.13 bits per heavy atom. The molecule has 2 aromatic carbocycles. The second kappa shape index (κ2) is 7.24. The van der Waals surface area contributed by atoms with Crippen LogP contribution >= 0.6 is 0 Å². The predicted molar refractivity (Wildman–Crippen MR) is 117 cm³/mol. The van der Waals surface area contributed by atoms with Crippen molar-refractivity contribution in [2.24, 2.45) is 0 Å². The Labute approximate surface area is 176 Å². The molecule has 1 aromatic heterocycles. The zero-order valence-electron chi connectivity index (χ0n) is 17.6. The van der Waals surface area contributed by atoms with Crippen LogP contribution in [0.5, 0.6) is 5.75 Å². The second-order valence-electron chi connectivity index (χ2n) is 8.21. The van der Waals surface area contributed by atoms with Gasteiger partial charge >= 0.3 is 5.97 Å². The Hall–Kier alpha value is -3.21. The number of ether oxygens (including phenoxy) is 2. The predicted octanol–water partition coefficient (Wildman–Crippen LogP) is 4.63. The van der Waals surface area contributed by atoms with Gasteiger partial charge in [-0.3, -0.25) is 0 Å². The van der Waals surface area contributed by atoms with Gasteiger partial charge in [-0.25, -0.2) is 4.79 Å². The van der Waals surface area contributed by atoms with Gasteiger partial charge in [-0.05, 0) is 49.1 Å². The summed E-state index contributed by atoms with van der Waals surface area (Å²) in [7, 11) is 3.16. The Morgan fingerprint density at radius 3 is 2.67 bits per heavy atom. The number of esters is 1. The first-order chi connectivity index (χ1) is 14.6. The molecular weight excluding hydrogens is 376 g/mol. The summed E-state index contributed by atoms with van der Waals surface area (Å²) in [5, 5.41) is 1.23. The van der Waals surface area contributed by atoms with Gasteiger partial charge in [0.05, 0.1) is 25.8 Å². The highest BCUT2D eigenvalue weighted by atomic mass is 16.5. The largest absolute Gasteiger partial charge is 0.497 e. The fourth-order valence-electron chi connectivity index (χ4n) is 4.94. The number of H-pyrrole nitrogens is 1. The van der Waals surface area contributed by atoms with Crippen molar-refractivity contribution in [3.05, 3.63) is 76.6 Å². The molecule has 0 amide bonds. The van der Waals surface area contributed by atoms with Crippen LogP contribution in [-0.2, 0) is 16.0 Å². The van der Waals surface area contributed by atoms with E-state index in [0.717, 1.165) is 41.8 Å². The van der Waals surface area contributed by atoms with Gasteiger partial charge in [0.2, 0.25) is 0 Å². The van der Waals surface area contributed by atoms with E-state index in [1.54, 1.807) is 7.11 Å². The number of carbonyl (C=O) groups excluding carboxylic acids is 1. The first kappa shape index (κ1) is 18.8. The maximum absolute atomic E-state index is 12.6. The number of fused-ring (bicyclic) bond motifs is 5. The molecule has 30 heavy (non-hydrogen) atoms. The monoisotopic (exact) mass is 402 g/mol. The molecule has 0 saturated heterocycles. The minimum Gasteiger partial charge on any atom is -0.497 e. The van der Waals surface area contributed by atoms with E-state index in [2.05, 4.69) is 53.2 Å². The lowest BCUT2D eigenvalue weighted by Gasteiger charge is -2.41. The van der Waals surface area contributed by atoms with Crippen LogP contribution in [0, 0.1) is 6.92 Å². The third-order valence-electron chi connectivity index (χ3n) is 6.54. The maximum Gasteiger partial charge on any atom is 0.335 e. The summed E-state index contributed by atoms with van der Waals surface area (Å²) in [5.74, 6) is 0.637. The Bertz CT molecular complexity index is 1140. The van der Waals surface area contributed by atoms with Gasteiger partial charge in [0, 0.05) is 35.3 Å². The summed E-state index contributed by atoms with van der Waals surface area (Å²) in [6, 6.07) is 14.9. The summed E-state index contributed by atoms with van der Waals surface area (Å²) in [6.45, 7) is 2.96. The normalized spacial score (nSPS) is 20.4. The van der Waals surface area contributed by atoms with Gasteiger partial charge in [-0.15, -0.1) is 0 Å². The Morgan fingerprint density at radius 2 is 1.93 bits per heavy atom. The first-order valence-corrected chi connectivity index (χ1v) is 10.4. The van der Waals surface area contributed by atoms with Crippen LogP contribution in [0.2, 0.25) is 0 Å². The van der Waals surface area contributed by atoms with Gasteiger partial charge in [0.15, 0.2) is 0 Å². The molecule has 1 N–H and O–H groups in total. The SMILES string of the molecule is COC(=O)C1=CN2CCc3c([nH]c4ccc(OC)cc34)[C@H]2C[C@@H]1c1ccc(C)cc1. The minimum absolute atomic E-state index is 0.00574. The molecule has 154 valence electrons. The van der Waals surface area contributed by atoms with Crippen molar-refractivity contribution in [2.45, 2.75) is 31.7 Å². The molecule has 0 spiro atoms. The van der Waals surface area contributed by atoms with Crippen molar-refractivity contribution in [1.82, 2.24) is 9.88 Å². The third-order valence-corrected chi connectivity index (χ3v) is 6.54. The van der Waals surface area contributed by atoms with Crippen molar-refractivity contribution >= 4 is 16.9 Å². The molecule has 0 saturated carbocycles. The number of aryl methyl sites for hydroxylation is 1. The third kappa shape index (κ3) is 2.96. The number of hydrogen-bond donors (Lipinski definition) is 1. The number of rotatable bonds is 3. The van der Waals surface area contributed by atoms with Crippen LogP contribution in [-0.4, -0.2) is 36.6 Å². The van der Waals surface area contributed by atoms with Gasteiger partial charge < -0.3 is 19.4 Å². The van der Waals surface area contributed by atoms with Crippen LogP contribution < -0.4 is 4.74 Å².